The van der Waals surface area contributed by atoms with Crippen LogP contribution in [0.15, 0.2) is 16.7 Å². The van der Waals surface area contributed by atoms with Crippen molar-refractivity contribution < 1.29 is 14.7 Å². The molecule has 1 aromatic heterocycles. The monoisotopic (exact) mass is 343 g/mol. The predicted octanol–water partition coefficient (Wildman–Crippen LogP) is 1.02. The fourth-order valence-corrected chi connectivity index (χ4v) is 2.85. The molecule has 1 N–H and O–H groups in total. The number of aliphatic carboxylic acids is 1. The van der Waals surface area contributed by atoms with E-state index < -0.39 is 5.97 Å². The van der Waals surface area contributed by atoms with Gasteiger partial charge in [-0.3, -0.25) is 14.5 Å². The van der Waals surface area contributed by atoms with Gasteiger partial charge in [0.15, 0.2) is 0 Å². The maximum Gasteiger partial charge on any atom is 0.304 e. The fourth-order valence-electron chi connectivity index (χ4n) is 2.33. The number of aryl methyl sites for hydroxylation is 1. The topological polar surface area (TPSA) is 65.8 Å². The average Bonchev–Trinajstić information content (AvgIpc) is 2.75. The number of aromatic nitrogens is 1. The van der Waals surface area contributed by atoms with Crippen molar-refractivity contribution in [2.45, 2.75) is 6.42 Å². The molecular weight excluding hydrogens is 326 g/mol. The summed E-state index contributed by atoms with van der Waals surface area (Å²) in [5.74, 6) is -0.756. The zero-order valence-electron chi connectivity index (χ0n) is 11.4. The van der Waals surface area contributed by atoms with Gasteiger partial charge in [0.2, 0.25) is 0 Å². The number of piperazine rings is 1. The van der Waals surface area contributed by atoms with Gasteiger partial charge in [-0.2, -0.15) is 0 Å². The molecule has 7 heteroatoms. The quantitative estimate of drug-likeness (QED) is 0.886. The molecule has 0 saturated carbocycles. The van der Waals surface area contributed by atoms with Gasteiger partial charge in [0.25, 0.3) is 5.91 Å². The molecule has 0 aliphatic carbocycles. The lowest BCUT2D eigenvalue weighted by atomic mass is 10.2. The van der Waals surface area contributed by atoms with Crippen LogP contribution in [0.3, 0.4) is 0 Å². The molecule has 0 spiro atoms. The van der Waals surface area contributed by atoms with Gasteiger partial charge < -0.3 is 14.6 Å². The highest BCUT2D eigenvalue weighted by atomic mass is 79.9. The van der Waals surface area contributed by atoms with Gasteiger partial charge in [-0.1, -0.05) is 0 Å². The molecule has 1 aliphatic rings. The molecule has 0 aromatic carbocycles. The Morgan fingerprint density at radius 3 is 2.45 bits per heavy atom. The standard InChI is InChI=1S/C13H18BrN3O3/c1-15-9-10(14)8-11(15)13(20)17-6-4-16(5-7-17)3-2-12(18)19/h8-9H,2-7H2,1H3,(H,18,19). The van der Waals surface area contributed by atoms with Gasteiger partial charge in [-0.05, 0) is 22.0 Å². The Labute approximate surface area is 126 Å². The Morgan fingerprint density at radius 1 is 1.30 bits per heavy atom. The smallest absolute Gasteiger partial charge is 0.304 e. The summed E-state index contributed by atoms with van der Waals surface area (Å²) >= 11 is 3.36. The molecule has 0 radical (unpaired) electrons. The molecule has 2 heterocycles. The first kappa shape index (κ1) is 15.1. The second-order valence-electron chi connectivity index (χ2n) is 4.93. The third kappa shape index (κ3) is 3.61. The van der Waals surface area contributed by atoms with Crippen LogP contribution in [0.1, 0.15) is 16.9 Å². The third-order valence-corrected chi connectivity index (χ3v) is 3.93. The van der Waals surface area contributed by atoms with Gasteiger partial charge in [0, 0.05) is 50.4 Å². The number of amides is 1. The number of nitrogens with zero attached hydrogens (tertiary/aromatic N) is 3. The maximum absolute atomic E-state index is 12.4. The summed E-state index contributed by atoms with van der Waals surface area (Å²) in [7, 11) is 1.85. The molecule has 1 saturated heterocycles. The van der Waals surface area contributed by atoms with E-state index in [2.05, 4.69) is 20.8 Å². The van der Waals surface area contributed by atoms with Crippen molar-refractivity contribution in [3.8, 4) is 0 Å². The number of carboxylic acid groups (broad SMARTS) is 1. The fraction of sp³-hybridized carbons (Fsp3) is 0.538. The van der Waals surface area contributed by atoms with E-state index in [-0.39, 0.29) is 12.3 Å². The minimum atomic E-state index is -0.780. The molecule has 0 unspecified atom stereocenters. The molecule has 1 fully saturated rings. The molecule has 0 atom stereocenters. The summed E-state index contributed by atoms with van der Waals surface area (Å²) in [4.78, 5) is 26.8. The van der Waals surface area contributed by atoms with Crippen molar-refractivity contribution in [3.63, 3.8) is 0 Å². The highest BCUT2D eigenvalue weighted by molar-refractivity contribution is 9.10. The first-order valence-electron chi connectivity index (χ1n) is 6.52. The first-order chi connectivity index (χ1) is 9.47. The van der Waals surface area contributed by atoms with Crippen molar-refractivity contribution in [2.75, 3.05) is 32.7 Å². The van der Waals surface area contributed by atoms with Crippen LogP contribution in [0.5, 0.6) is 0 Å². The minimum absolute atomic E-state index is 0.0242. The molecular formula is C13H18BrN3O3. The lowest BCUT2D eigenvalue weighted by Crippen LogP contribution is -2.49. The number of halogens is 1. The number of hydrogen-bond donors (Lipinski definition) is 1. The molecule has 110 valence electrons. The SMILES string of the molecule is Cn1cc(Br)cc1C(=O)N1CCN(CCC(=O)O)CC1. The minimum Gasteiger partial charge on any atom is -0.481 e. The van der Waals surface area contributed by atoms with E-state index >= 15 is 0 Å². The highest BCUT2D eigenvalue weighted by Crippen LogP contribution is 2.16. The van der Waals surface area contributed by atoms with Crippen LogP contribution in [0.4, 0.5) is 0 Å². The van der Waals surface area contributed by atoms with Crippen LogP contribution in [0.2, 0.25) is 0 Å². The van der Waals surface area contributed by atoms with Crippen LogP contribution < -0.4 is 0 Å². The number of carbonyl (C=O) groups excluding carboxylic acids is 1. The van der Waals surface area contributed by atoms with Gasteiger partial charge in [-0.25, -0.2) is 0 Å². The molecule has 6 nitrogen and oxygen atoms in total. The molecule has 1 amide bonds. The zero-order valence-corrected chi connectivity index (χ0v) is 13.0. The highest BCUT2D eigenvalue weighted by Gasteiger charge is 2.24. The van der Waals surface area contributed by atoms with E-state index in [0.29, 0.717) is 25.3 Å². The Bertz CT molecular complexity index is 507. The van der Waals surface area contributed by atoms with Crippen molar-refractivity contribution >= 4 is 27.8 Å². The van der Waals surface area contributed by atoms with Crippen molar-refractivity contribution in [1.82, 2.24) is 14.4 Å². The largest absolute Gasteiger partial charge is 0.481 e. The van der Waals surface area contributed by atoms with Gasteiger partial charge >= 0.3 is 5.97 Å². The van der Waals surface area contributed by atoms with E-state index in [4.69, 9.17) is 5.11 Å². The Kier molecular flexibility index (Phi) is 4.82. The van der Waals surface area contributed by atoms with Gasteiger partial charge in [0.05, 0.1) is 6.42 Å². The van der Waals surface area contributed by atoms with Crippen LogP contribution in [-0.2, 0) is 11.8 Å². The van der Waals surface area contributed by atoms with E-state index in [1.165, 1.54) is 0 Å². The molecule has 20 heavy (non-hydrogen) atoms. The lowest BCUT2D eigenvalue weighted by Gasteiger charge is -2.34. The maximum atomic E-state index is 12.4. The predicted molar refractivity (Wildman–Crippen MR) is 77.7 cm³/mol. The second-order valence-corrected chi connectivity index (χ2v) is 5.85. The summed E-state index contributed by atoms with van der Waals surface area (Å²) in [6.07, 6.45) is 2.01. The van der Waals surface area contributed by atoms with E-state index in [9.17, 15) is 9.59 Å². The van der Waals surface area contributed by atoms with Crippen molar-refractivity contribution in [1.29, 1.82) is 0 Å². The van der Waals surface area contributed by atoms with E-state index in [0.717, 1.165) is 17.6 Å². The van der Waals surface area contributed by atoms with E-state index in [1.807, 2.05) is 28.8 Å². The lowest BCUT2D eigenvalue weighted by molar-refractivity contribution is -0.137. The molecule has 2 rings (SSSR count). The number of rotatable bonds is 4. The molecule has 1 aromatic rings. The van der Waals surface area contributed by atoms with Crippen LogP contribution in [0.25, 0.3) is 0 Å². The summed E-state index contributed by atoms with van der Waals surface area (Å²) in [6.45, 7) is 3.28. The number of carboxylic acids is 1. The van der Waals surface area contributed by atoms with Crippen molar-refractivity contribution in [3.05, 3.63) is 22.4 Å². The average molecular weight is 344 g/mol. The first-order valence-corrected chi connectivity index (χ1v) is 7.32. The number of hydrogen-bond acceptors (Lipinski definition) is 3. The normalized spacial score (nSPS) is 16.4. The van der Waals surface area contributed by atoms with Crippen molar-refractivity contribution in [2.24, 2.45) is 7.05 Å². The third-order valence-electron chi connectivity index (χ3n) is 3.49. The van der Waals surface area contributed by atoms with Crippen LogP contribution in [0, 0.1) is 0 Å². The van der Waals surface area contributed by atoms with Gasteiger partial charge in [0.1, 0.15) is 5.69 Å². The molecule has 1 aliphatic heterocycles. The van der Waals surface area contributed by atoms with Gasteiger partial charge in [-0.15, -0.1) is 0 Å². The zero-order chi connectivity index (χ0) is 14.7. The number of carbonyl (C=O) groups is 2. The van der Waals surface area contributed by atoms with Crippen LogP contribution in [-0.4, -0.2) is 64.1 Å². The van der Waals surface area contributed by atoms with E-state index in [1.54, 1.807) is 0 Å². The Balaban J connectivity index is 1.89. The Hall–Kier alpha value is -1.34. The molecule has 0 bridgehead atoms. The summed E-state index contributed by atoms with van der Waals surface area (Å²) in [5.41, 5.74) is 0.663. The Morgan fingerprint density at radius 2 is 1.95 bits per heavy atom. The summed E-state index contributed by atoms with van der Waals surface area (Å²) < 4.78 is 2.70. The summed E-state index contributed by atoms with van der Waals surface area (Å²) in [5, 5.41) is 8.67. The van der Waals surface area contributed by atoms with Crippen LogP contribution >= 0.6 is 15.9 Å². The summed E-state index contributed by atoms with van der Waals surface area (Å²) in [6, 6.07) is 1.82. The second kappa shape index (κ2) is 6.41.